The van der Waals surface area contributed by atoms with E-state index in [1.165, 1.54) is 18.9 Å². The number of aromatic nitrogens is 4. The van der Waals surface area contributed by atoms with Gasteiger partial charge < -0.3 is 19.5 Å². The van der Waals surface area contributed by atoms with E-state index >= 15 is 0 Å². The van der Waals surface area contributed by atoms with E-state index in [1.807, 2.05) is 29.7 Å². The molecule has 1 N–H and O–H groups in total. The fourth-order valence-corrected chi connectivity index (χ4v) is 4.57. The van der Waals surface area contributed by atoms with Gasteiger partial charge in [-0.3, -0.25) is 4.79 Å². The first kappa shape index (κ1) is 18.0. The van der Waals surface area contributed by atoms with E-state index in [4.69, 9.17) is 9.47 Å². The highest BCUT2D eigenvalue weighted by Crippen LogP contribution is 2.46. The molecule has 1 saturated heterocycles. The molecule has 1 unspecified atom stereocenters. The number of aliphatic hydroxyl groups is 1. The molecule has 2 aliphatic heterocycles. The summed E-state index contributed by atoms with van der Waals surface area (Å²) in [6.45, 7) is 0.260. The molecule has 0 bridgehead atoms. The number of carbonyl (C=O) groups is 1. The molecule has 3 heterocycles. The van der Waals surface area contributed by atoms with Crippen LogP contribution in [0.2, 0.25) is 0 Å². The number of β-lactam (4-membered cyclic amide) rings is 1. The Kier molecular flexibility index (Phi) is 4.85. The molecular formula is C17H19N5O4S. The Labute approximate surface area is 159 Å². The van der Waals surface area contributed by atoms with Crippen molar-refractivity contribution in [1.82, 2.24) is 25.1 Å². The monoisotopic (exact) mass is 389 g/mol. The summed E-state index contributed by atoms with van der Waals surface area (Å²) >= 11 is 1.46. The van der Waals surface area contributed by atoms with E-state index in [-0.39, 0.29) is 17.9 Å². The van der Waals surface area contributed by atoms with E-state index < -0.39 is 12.1 Å². The summed E-state index contributed by atoms with van der Waals surface area (Å²) in [6, 6.07) is 7.10. The van der Waals surface area contributed by atoms with Crippen molar-refractivity contribution in [2.24, 2.45) is 0 Å². The van der Waals surface area contributed by atoms with E-state index in [0.29, 0.717) is 17.9 Å². The van der Waals surface area contributed by atoms with Crippen LogP contribution in [0.3, 0.4) is 0 Å². The zero-order valence-corrected chi connectivity index (χ0v) is 15.7. The fourth-order valence-electron chi connectivity index (χ4n) is 3.32. The molecule has 1 aromatic heterocycles. The maximum absolute atomic E-state index is 12.5. The number of fused-ring (bicyclic) bond motifs is 1. The highest BCUT2D eigenvalue weighted by atomic mass is 32.2. The Bertz CT molecular complexity index is 868. The molecule has 4 rings (SSSR count). The summed E-state index contributed by atoms with van der Waals surface area (Å²) in [5, 5.41) is 23.6. The highest BCUT2D eigenvalue weighted by Gasteiger charge is 2.55. The average molecular weight is 389 g/mol. The van der Waals surface area contributed by atoms with Crippen LogP contribution in [0.15, 0.2) is 35.2 Å². The van der Waals surface area contributed by atoms with Crippen molar-refractivity contribution in [2.45, 2.75) is 24.1 Å². The minimum atomic E-state index is -0.506. The smallest absolute Gasteiger partial charge is 0.256 e. The number of nitrogens with zero attached hydrogens (tertiary/aromatic N) is 5. The molecule has 1 fully saturated rings. The Morgan fingerprint density at radius 3 is 2.70 bits per heavy atom. The first-order valence-electron chi connectivity index (χ1n) is 8.37. The summed E-state index contributed by atoms with van der Waals surface area (Å²) in [5.41, 5.74) is 1.68. The number of aliphatic hydroxyl groups excluding tert-OH is 1. The van der Waals surface area contributed by atoms with E-state index in [1.54, 1.807) is 16.7 Å². The van der Waals surface area contributed by atoms with Gasteiger partial charge in [0.25, 0.3) is 5.91 Å². The van der Waals surface area contributed by atoms with Gasteiger partial charge in [-0.15, -0.1) is 16.9 Å². The Balaban J connectivity index is 1.64. The fraction of sp³-hybridized carbons (Fsp3) is 0.412. The van der Waals surface area contributed by atoms with Gasteiger partial charge in [-0.1, -0.05) is 12.1 Å². The molecule has 2 aliphatic rings. The number of tetrazole rings is 1. The number of ether oxygens (including phenoxy) is 2. The number of benzene rings is 1. The molecule has 2 aromatic rings. The van der Waals surface area contributed by atoms with Crippen molar-refractivity contribution in [1.29, 1.82) is 0 Å². The van der Waals surface area contributed by atoms with Gasteiger partial charge in [0.2, 0.25) is 0 Å². The van der Waals surface area contributed by atoms with Crippen molar-refractivity contribution in [3.63, 3.8) is 0 Å². The maximum Gasteiger partial charge on any atom is 0.256 e. The second kappa shape index (κ2) is 7.29. The van der Waals surface area contributed by atoms with Gasteiger partial charge in [-0.05, 0) is 39.1 Å². The van der Waals surface area contributed by atoms with E-state index in [9.17, 15) is 9.90 Å². The second-order valence-electron chi connectivity index (χ2n) is 6.22. The molecule has 0 aliphatic carbocycles. The molecule has 0 spiro atoms. The van der Waals surface area contributed by atoms with Crippen LogP contribution in [0.1, 0.15) is 17.4 Å². The summed E-state index contributed by atoms with van der Waals surface area (Å²) < 4.78 is 12.1. The number of carbonyl (C=O) groups excluding carboxylic acids is 1. The minimum Gasteiger partial charge on any atom is -0.497 e. The van der Waals surface area contributed by atoms with Crippen molar-refractivity contribution < 1.29 is 19.4 Å². The van der Waals surface area contributed by atoms with E-state index in [0.717, 1.165) is 11.3 Å². The predicted molar refractivity (Wildman–Crippen MR) is 96.8 cm³/mol. The quantitative estimate of drug-likeness (QED) is 0.716. The standard InChI is InChI=1S/C17H19N5O4S/c1-25-12-5-3-10(4-6-12)7-21-15(18-19-20-21)13-11(8-23)9-27-17-14(26-2)16(24)22(13)17/h3-6,9,13-14,17,23H,7-8H2,1-2H3/t13?,14-,17-/m0/s1. The third-order valence-corrected chi connectivity index (χ3v) is 5.94. The van der Waals surface area contributed by atoms with Gasteiger partial charge in [-0.25, -0.2) is 4.68 Å². The van der Waals surface area contributed by atoms with E-state index in [2.05, 4.69) is 15.5 Å². The number of thioether (sulfide) groups is 1. The predicted octanol–water partition coefficient (Wildman–Crippen LogP) is 0.577. The zero-order valence-electron chi connectivity index (χ0n) is 14.8. The lowest BCUT2D eigenvalue weighted by atomic mass is 9.99. The van der Waals surface area contributed by atoms with Crippen LogP contribution >= 0.6 is 11.8 Å². The molecule has 0 saturated carbocycles. The van der Waals surface area contributed by atoms with Crippen LogP contribution < -0.4 is 4.74 Å². The largest absolute Gasteiger partial charge is 0.497 e. The van der Waals surface area contributed by atoms with Crippen LogP contribution in [0.4, 0.5) is 0 Å². The molecule has 142 valence electrons. The molecule has 1 aromatic carbocycles. The van der Waals surface area contributed by atoms with Gasteiger partial charge in [0, 0.05) is 7.11 Å². The molecule has 10 heteroatoms. The SMILES string of the molecule is COc1ccc(Cn2nnnc2C2C(CO)=CS[C@H]3[C@@H](OC)C(=O)N23)cc1. The zero-order chi connectivity index (χ0) is 19.0. The van der Waals surface area contributed by atoms with Crippen LogP contribution in [0, 0.1) is 0 Å². The van der Waals surface area contributed by atoms with Crippen molar-refractivity contribution in [3.8, 4) is 5.75 Å². The normalized spacial score (nSPS) is 24.3. The summed E-state index contributed by atoms with van der Waals surface area (Å²) in [5.74, 6) is 1.16. The van der Waals surface area contributed by atoms with Crippen molar-refractivity contribution in [2.75, 3.05) is 20.8 Å². The van der Waals surface area contributed by atoms with Crippen LogP contribution in [0.25, 0.3) is 0 Å². The van der Waals surface area contributed by atoms with Crippen molar-refractivity contribution >= 4 is 17.7 Å². The Morgan fingerprint density at radius 2 is 2.04 bits per heavy atom. The molecule has 0 radical (unpaired) electrons. The Hall–Kier alpha value is -2.43. The minimum absolute atomic E-state index is 0.127. The lowest BCUT2D eigenvalue weighted by Gasteiger charge is -2.51. The van der Waals surface area contributed by atoms with Gasteiger partial charge in [0.05, 0.1) is 20.3 Å². The third-order valence-electron chi connectivity index (χ3n) is 4.75. The first-order chi connectivity index (χ1) is 13.2. The second-order valence-corrected chi connectivity index (χ2v) is 7.22. The molecule has 1 amide bonds. The highest BCUT2D eigenvalue weighted by molar-refractivity contribution is 8.02. The Morgan fingerprint density at radius 1 is 1.26 bits per heavy atom. The molecule has 27 heavy (non-hydrogen) atoms. The molecular weight excluding hydrogens is 370 g/mol. The third kappa shape index (κ3) is 2.99. The molecule has 3 atom stereocenters. The van der Waals surface area contributed by atoms with Gasteiger partial charge in [-0.2, -0.15) is 0 Å². The number of hydrogen-bond donors (Lipinski definition) is 1. The summed E-state index contributed by atoms with van der Waals surface area (Å²) in [6.07, 6.45) is -0.486. The van der Waals surface area contributed by atoms with Crippen LogP contribution in [-0.2, 0) is 16.1 Å². The van der Waals surface area contributed by atoms with Crippen molar-refractivity contribution in [3.05, 3.63) is 46.6 Å². The summed E-state index contributed by atoms with van der Waals surface area (Å²) in [4.78, 5) is 14.2. The topological polar surface area (TPSA) is 103 Å². The number of hydrogen-bond acceptors (Lipinski definition) is 8. The lowest BCUT2D eigenvalue weighted by molar-refractivity contribution is -0.166. The lowest BCUT2D eigenvalue weighted by Crippen LogP contribution is -2.66. The van der Waals surface area contributed by atoms with Gasteiger partial charge in [0.1, 0.15) is 17.2 Å². The summed E-state index contributed by atoms with van der Waals surface area (Å²) in [7, 11) is 3.14. The molecule has 9 nitrogen and oxygen atoms in total. The average Bonchev–Trinajstić information content (AvgIpc) is 3.15. The number of methoxy groups -OCH3 is 2. The number of amides is 1. The van der Waals surface area contributed by atoms with Crippen LogP contribution in [0.5, 0.6) is 5.75 Å². The van der Waals surface area contributed by atoms with Gasteiger partial charge >= 0.3 is 0 Å². The maximum atomic E-state index is 12.5. The first-order valence-corrected chi connectivity index (χ1v) is 9.31. The van der Waals surface area contributed by atoms with Gasteiger partial charge in [0.15, 0.2) is 11.9 Å². The number of rotatable bonds is 6. The van der Waals surface area contributed by atoms with Crippen LogP contribution in [-0.4, -0.2) is 68.4 Å².